The number of hydrogen-bond donors (Lipinski definition) is 1. The van der Waals surface area contributed by atoms with Gasteiger partial charge in [0.15, 0.2) is 0 Å². The Balaban J connectivity index is 1.99. The highest BCUT2D eigenvalue weighted by Crippen LogP contribution is 2.34. The van der Waals surface area contributed by atoms with Gasteiger partial charge in [0.2, 0.25) is 10.0 Å². The SMILES string of the molecule is O=S(=O)(NC(c1ccc(F)cc1)C(F)(F)F)c1ccn2c(Cl)cnc2c1. The van der Waals surface area contributed by atoms with Gasteiger partial charge in [0.05, 0.1) is 11.1 Å². The summed E-state index contributed by atoms with van der Waals surface area (Å²) in [6, 6.07) is 3.03. The van der Waals surface area contributed by atoms with Gasteiger partial charge in [-0.3, -0.25) is 4.40 Å². The van der Waals surface area contributed by atoms with Crippen LogP contribution in [0, 0.1) is 5.82 Å². The van der Waals surface area contributed by atoms with Gasteiger partial charge < -0.3 is 0 Å². The third kappa shape index (κ3) is 3.67. The Kier molecular flexibility index (Phi) is 4.67. The first-order valence-electron chi connectivity index (χ1n) is 7.05. The number of aromatic nitrogens is 2. The maximum Gasteiger partial charge on any atom is 0.408 e. The third-order valence-corrected chi connectivity index (χ3v) is 5.25. The molecule has 3 rings (SSSR count). The van der Waals surface area contributed by atoms with Crippen LogP contribution < -0.4 is 4.72 Å². The first-order valence-corrected chi connectivity index (χ1v) is 8.91. The highest BCUT2D eigenvalue weighted by atomic mass is 35.5. The zero-order chi connectivity index (χ0) is 19.1. The fourth-order valence-electron chi connectivity index (χ4n) is 2.30. The maximum absolute atomic E-state index is 13.4. The van der Waals surface area contributed by atoms with Crippen LogP contribution in [0.15, 0.2) is 53.7 Å². The largest absolute Gasteiger partial charge is 0.408 e. The Bertz CT molecular complexity index is 1050. The second-order valence-corrected chi connectivity index (χ2v) is 7.42. The highest BCUT2D eigenvalue weighted by molar-refractivity contribution is 7.89. The van der Waals surface area contributed by atoms with Gasteiger partial charge in [-0.25, -0.2) is 17.8 Å². The van der Waals surface area contributed by atoms with E-state index in [1.54, 1.807) is 4.72 Å². The minimum absolute atomic E-state index is 0.156. The highest BCUT2D eigenvalue weighted by Gasteiger charge is 2.43. The number of pyridine rings is 1. The molecule has 0 radical (unpaired) electrons. The van der Waals surface area contributed by atoms with Crippen LogP contribution in [-0.4, -0.2) is 24.0 Å². The minimum Gasteiger partial charge on any atom is -0.290 e. The van der Waals surface area contributed by atoms with Crippen molar-refractivity contribution >= 4 is 27.3 Å². The number of imidazole rings is 1. The van der Waals surface area contributed by atoms with Crippen LogP contribution in [0.1, 0.15) is 11.6 Å². The molecule has 11 heteroatoms. The normalized spacial score (nSPS) is 13.9. The molecule has 0 aliphatic carbocycles. The molecule has 2 heterocycles. The molecule has 0 amide bonds. The summed E-state index contributed by atoms with van der Waals surface area (Å²) < 4.78 is 80.8. The van der Waals surface area contributed by atoms with E-state index in [4.69, 9.17) is 11.6 Å². The van der Waals surface area contributed by atoms with Gasteiger partial charge >= 0.3 is 6.18 Å². The first kappa shape index (κ1) is 18.6. The van der Waals surface area contributed by atoms with Crippen molar-refractivity contribution in [3.8, 4) is 0 Å². The van der Waals surface area contributed by atoms with Crippen molar-refractivity contribution < 1.29 is 26.0 Å². The van der Waals surface area contributed by atoms with E-state index in [0.717, 1.165) is 36.4 Å². The van der Waals surface area contributed by atoms with Crippen molar-refractivity contribution in [2.45, 2.75) is 17.1 Å². The monoisotopic (exact) mass is 407 g/mol. The number of benzene rings is 1. The Hall–Kier alpha value is -2.17. The minimum atomic E-state index is -4.92. The second kappa shape index (κ2) is 6.53. The van der Waals surface area contributed by atoms with E-state index >= 15 is 0 Å². The molecule has 0 fully saturated rings. The van der Waals surface area contributed by atoms with Crippen molar-refractivity contribution in [1.82, 2.24) is 14.1 Å². The third-order valence-electron chi connectivity index (χ3n) is 3.55. The molecule has 1 aromatic carbocycles. The summed E-state index contributed by atoms with van der Waals surface area (Å²) in [6.45, 7) is 0. The second-order valence-electron chi connectivity index (χ2n) is 5.32. The lowest BCUT2D eigenvalue weighted by Gasteiger charge is -2.22. The van der Waals surface area contributed by atoms with Crippen LogP contribution in [0.2, 0.25) is 5.15 Å². The average molecular weight is 408 g/mol. The fraction of sp³-hybridized carbons (Fsp3) is 0.133. The van der Waals surface area contributed by atoms with E-state index < -0.39 is 38.5 Å². The Labute approximate surface area is 150 Å². The molecule has 1 N–H and O–H groups in total. The van der Waals surface area contributed by atoms with Gasteiger partial charge in [-0.2, -0.15) is 17.9 Å². The molecule has 26 heavy (non-hydrogen) atoms. The average Bonchev–Trinajstić information content (AvgIpc) is 2.93. The molecule has 138 valence electrons. The molecular formula is C15H10ClF4N3O2S. The van der Waals surface area contributed by atoms with Gasteiger partial charge in [-0.1, -0.05) is 23.7 Å². The van der Waals surface area contributed by atoms with Crippen molar-refractivity contribution in [3.63, 3.8) is 0 Å². The van der Waals surface area contributed by atoms with E-state index in [0.29, 0.717) is 0 Å². The summed E-state index contributed by atoms with van der Waals surface area (Å²) in [5, 5.41) is 0.219. The zero-order valence-corrected chi connectivity index (χ0v) is 14.3. The molecule has 5 nitrogen and oxygen atoms in total. The van der Waals surface area contributed by atoms with Crippen LogP contribution in [0.25, 0.3) is 5.65 Å². The molecule has 2 aromatic heterocycles. The zero-order valence-electron chi connectivity index (χ0n) is 12.7. The summed E-state index contributed by atoms with van der Waals surface area (Å²) in [7, 11) is -4.54. The van der Waals surface area contributed by atoms with Crippen LogP contribution in [0.5, 0.6) is 0 Å². The number of nitrogens with zero attached hydrogens (tertiary/aromatic N) is 2. The predicted molar refractivity (Wildman–Crippen MR) is 85.7 cm³/mol. The topological polar surface area (TPSA) is 63.5 Å². The first-order chi connectivity index (χ1) is 12.1. The van der Waals surface area contributed by atoms with Gasteiger partial charge in [0, 0.05) is 12.3 Å². The van der Waals surface area contributed by atoms with Crippen molar-refractivity contribution in [2.75, 3.05) is 0 Å². The number of halogens is 5. The van der Waals surface area contributed by atoms with E-state index in [-0.39, 0.29) is 10.8 Å². The summed E-state index contributed by atoms with van der Waals surface area (Å²) in [6.07, 6.45) is -2.37. The summed E-state index contributed by atoms with van der Waals surface area (Å²) in [4.78, 5) is 3.45. The van der Waals surface area contributed by atoms with E-state index in [9.17, 15) is 26.0 Å². The molecule has 1 atom stereocenters. The van der Waals surface area contributed by atoms with E-state index in [2.05, 4.69) is 4.98 Å². The number of fused-ring (bicyclic) bond motifs is 1. The van der Waals surface area contributed by atoms with Gasteiger partial charge in [0.25, 0.3) is 0 Å². The molecule has 0 aliphatic rings. The summed E-state index contributed by atoms with van der Waals surface area (Å²) in [5.41, 5.74) is -0.282. The Morgan fingerprint density at radius 2 is 1.81 bits per heavy atom. The molecule has 0 aliphatic heterocycles. The predicted octanol–water partition coefficient (Wildman–Crippen LogP) is 3.71. The molecule has 0 spiro atoms. The molecule has 1 unspecified atom stereocenters. The smallest absolute Gasteiger partial charge is 0.290 e. The van der Waals surface area contributed by atoms with Crippen LogP contribution in [-0.2, 0) is 10.0 Å². The number of sulfonamides is 1. The van der Waals surface area contributed by atoms with Gasteiger partial charge in [0.1, 0.15) is 22.7 Å². The van der Waals surface area contributed by atoms with Crippen molar-refractivity contribution in [3.05, 3.63) is 65.3 Å². The lowest BCUT2D eigenvalue weighted by molar-refractivity contribution is -0.153. The van der Waals surface area contributed by atoms with Crippen molar-refractivity contribution in [1.29, 1.82) is 0 Å². The standard InChI is InChI=1S/C15H10ClF4N3O2S/c16-12-8-21-13-7-11(5-6-23(12)13)26(24,25)22-14(15(18,19)20)9-1-3-10(17)4-2-9/h1-8,14,22H. The molecule has 0 saturated carbocycles. The quantitative estimate of drug-likeness (QED) is 0.671. The number of alkyl halides is 3. The molecule has 0 saturated heterocycles. The lowest BCUT2D eigenvalue weighted by atomic mass is 10.1. The van der Waals surface area contributed by atoms with E-state index in [1.165, 1.54) is 16.8 Å². The Morgan fingerprint density at radius 3 is 2.42 bits per heavy atom. The summed E-state index contributed by atoms with van der Waals surface area (Å²) in [5.74, 6) is -0.737. The number of rotatable bonds is 4. The van der Waals surface area contributed by atoms with Crippen LogP contribution in [0.3, 0.4) is 0 Å². The molecule has 0 bridgehead atoms. The van der Waals surface area contributed by atoms with Crippen molar-refractivity contribution in [2.24, 2.45) is 0 Å². The maximum atomic E-state index is 13.4. The number of hydrogen-bond acceptors (Lipinski definition) is 3. The van der Waals surface area contributed by atoms with Gasteiger partial charge in [-0.15, -0.1) is 0 Å². The Morgan fingerprint density at radius 1 is 1.15 bits per heavy atom. The molecule has 3 aromatic rings. The lowest BCUT2D eigenvalue weighted by Crippen LogP contribution is -2.38. The summed E-state index contributed by atoms with van der Waals surface area (Å²) >= 11 is 5.83. The number of nitrogens with one attached hydrogen (secondary N) is 1. The van der Waals surface area contributed by atoms with Crippen LogP contribution >= 0.6 is 11.6 Å². The van der Waals surface area contributed by atoms with E-state index in [1.807, 2.05) is 0 Å². The molecular weight excluding hydrogens is 398 g/mol. The van der Waals surface area contributed by atoms with Gasteiger partial charge in [-0.05, 0) is 23.8 Å². The fourth-order valence-corrected chi connectivity index (χ4v) is 3.71. The van der Waals surface area contributed by atoms with Crippen LogP contribution in [0.4, 0.5) is 17.6 Å².